The summed E-state index contributed by atoms with van der Waals surface area (Å²) in [6.07, 6.45) is 8.85. The fraction of sp³-hybridized carbons (Fsp3) is 0.542. The molecule has 0 saturated carbocycles. The summed E-state index contributed by atoms with van der Waals surface area (Å²) in [4.78, 5) is 30.2. The second-order valence-electron chi connectivity index (χ2n) is 8.32. The number of carbonyl (C=O) groups is 1. The largest absolute Gasteiger partial charge is 0.352 e. The molecule has 0 spiro atoms. The van der Waals surface area contributed by atoms with Gasteiger partial charge < -0.3 is 15.2 Å². The van der Waals surface area contributed by atoms with E-state index in [1.54, 1.807) is 22.8 Å². The van der Waals surface area contributed by atoms with Gasteiger partial charge >= 0.3 is 0 Å². The summed E-state index contributed by atoms with van der Waals surface area (Å²) in [6.45, 7) is 8.84. The fourth-order valence-corrected chi connectivity index (χ4v) is 4.52. The number of aromatic nitrogens is 2. The van der Waals surface area contributed by atoms with Gasteiger partial charge in [-0.3, -0.25) is 14.2 Å². The van der Waals surface area contributed by atoms with Gasteiger partial charge in [-0.1, -0.05) is 11.6 Å². The molecule has 0 fully saturated rings. The van der Waals surface area contributed by atoms with Gasteiger partial charge in [-0.15, -0.1) is 0 Å². The molecule has 0 saturated heterocycles. The zero-order valence-corrected chi connectivity index (χ0v) is 19.6. The molecule has 0 radical (unpaired) electrons. The fourth-order valence-electron chi connectivity index (χ4n) is 4.23. The number of nitrogens with zero attached hydrogens (tertiary/aromatic N) is 1. The number of aromatic amines is 1. The van der Waals surface area contributed by atoms with Crippen molar-refractivity contribution in [3.05, 3.63) is 50.5 Å². The van der Waals surface area contributed by atoms with Crippen LogP contribution in [0, 0.1) is 4.77 Å². The van der Waals surface area contributed by atoms with Crippen LogP contribution in [0.1, 0.15) is 62.7 Å². The highest BCUT2D eigenvalue weighted by molar-refractivity contribution is 7.71. The maximum atomic E-state index is 13.0. The average molecular weight is 444 g/mol. The number of allylic oxidation sites excluding steroid dienone is 2. The van der Waals surface area contributed by atoms with Gasteiger partial charge in [0.15, 0.2) is 4.77 Å². The quantitative estimate of drug-likeness (QED) is 0.300. The summed E-state index contributed by atoms with van der Waals surface area (Å²) in [6, 6.07) is 5.18. The van der Waals surface area contributed by atoms with Gasteiger partial charge in [0.2, 0.25) is 0 Å². The van der Waals surface area contributed by atoms with E-state index in [1.807, 2.05) is 0 Å². The minimum Gasteiger partial charge on any atom is -0.352 e. The van der Waals surface area contributed by atoms with E-state index in [2.05, 4.69) is 30.2 Å². The molecular weight excluding hydrogens is 408 g/mol. The van der Waals surface area contributed by atoms with Crippen LogP contribution < -0.4 is 15.8 Å². The third-order valence-corrected chi connectivity index (χ3v) is 6.60. The number of nitrogens with one attached hydrogen (secondary N) is 3. The van der Waals surface area contributed by atoms with Crippen molar-refractivity contribution < 1.29 is 9.69 Å². The van der Waals surface area contributed by atoms with Crippen molar-refractivity contribution in [3.8, 4) is 0 Å². The third-order valence-electron chi connectivity index (χ3n) is 6.28. The smallest absolute Gasteiger partial charge is 0.262 e. The molecular formula is C24H35N4O2S+. The summed E-state index contributed by atoms with van der Waals surface area (Å²) < 4.78 is 2.05. The Bertz CT molecular complexity index is 1050. The lowest BCUT2D eigenvalue weighted by molar-refractivity contribution is -0.896. The van der Waals surface area contributed by atoms with Crippen LogP contribution in [0.25, 0.3) is 10.9 Å². The van der Waals surface area contributed by atoms with Gasteiger partial charge in [0.25, 0.3) is 11.5 Å². The Labute approximate surface area is 189 Å². The topological polar surface area (TPSA) is 71.3 Å². The van der Waals surface area contributed by atoms with Crippen molar-refractivity contribution in [2.45, 2.75) is 58.9 Å². The third kappa shape index (κ3) is 6.14. The van der Waals surface area contributed by atoms with Crippen molar-refractivity contribution in [2.75, 3.05) is 26.2 Å². The molecule has 1 amide bonds. The number of carbonyl (C=O) groups excluding carboxylic acids is 1. The van der Waals surface area contributed by atoms with Crippen LogP contribution in [0.2, 0.25) is 0 Å². The number of H-pyrrole nitrogens is 1. The van der Waals surface area contributed by atoms with Crippen LogP contribution in [-0.4, -0.2) is 41.6 Å². The van der Waals surface area contributed by atoms with E-state index in [0.717, 1.165) is 45.3 Å². The standard InChI is InChI=1S/C24H34N4O2S/c1-3-27(4-2)15-8-14-25-22(29)19-11-12-20-21(17-19)26-24(31)28(23(20)30)16-13-18-9-6-5-7-10-18/h9,11-12,17H,3-8,10,13-16H2,1-2H3,(H,25,29)(H,26,31)/p+1. The van der Waals surface area contributed by atoms with Crippen LogP contribution >= 0.6 is 12.2 Å². The van der Waals surface area contributed by atoms with Gasteiger partial charge in [0.1, 0.15) is 0 Å². The predicted octanol–water partition coefficient (Wildman–Crippen LogP) is 2.99. The molecule has 2 aromatic rings. The molecule has 168 valence electrons. The lowest BCUT2D eigenvalue weighted by atomic mass is 9.97. The van der Waals surface area contributed by atoms with E-state index >= 15 is 0 Å². The van der Waals surface area contributed by atoms with E-state index in [0.29, 0.717) is 34.3 Å². The first kappa shape index (κ1) is 23.4. The number of rotatable bonds is 10. The summed E-state index contributed by atoms with van der Waals surface area (Å²) in [5, 5.41) is 3.55. The number of amides is 1. The second-order valence-corrected chi connectivity index (χ2v) is 8.71. The molecule has 1 aliphatic rings. The maximum Gasteiger partial charge on any atom is 0.262 e. The Balaban J connectivity index is 1.68. The second kappa shape index (κ2) is 11.4. The normalized spacial score (nSPS) is 14.1. The molecule has 0 bridgehead atoms. The maximum absolute atomic E-state index is 13.0. The van der Waals surface area contributed by atoms with E-state index in [4.69, 9.17) is 12.2 Å². The van der Waals surface area contributed by atoms with Crippen LogP contribution in [0.4, 0.5) is 0 Å². The van der Waals surface area contributed by atoms with Crippen molar-refractivity contribution >= 4 is 29.0 Å². The van der Waals surface area contributed by atoms with Gasteiger partial charge in [-0.25, -0.2) is 0 Å². The summed E-state index contributed by atoms with van der Waals surface area (Å²) in [5.74, 6) is -0.121. The van der Waals surface area contributed by atoms with Gasteiger partial charge in [0.05, 0.1) is 30.5 Å². The van der Waals surface area contributed by atoms with E-state index in [9.17, 15) is 9.59 Å². The number of hydrogen-bond donors (Lipinski definition) is 3. The molecule has 7 heteroatoms. The molecule has 6 nitrogen and oxygen atoms in total. The van der Waals surface area contributed by atoms with Crippen molar-refractivity contribution in [3.63, 3.8) is 0 Å². The summed E-state index contributed by atoms with van der Waals surface area (Å²) in [5.41, 5.74) is 2.48. The monoisotopic (exact) mass is 443 g/mol. The lowest BCUT2D eigenvalue weighted by Crippen LogP contribution is -3.11. The minimum absolute atomic E-state index is 0.0932. The zero-order valence-electron chi connectivity index (χ0n) is 18.8. The lowest BCUT2D eigenvalue weighted by Gasteiger charge is -2.15. The minimum atomic E-state index is -0.121. The van der Waals surface area contributed by atoms with Crippen LogP contribution in [0.3, 0.4) is 0 Å². The van der Waals surface area contributed by atoms with E-state index < -0.39 is 0 Å². The van der Waals surface area contributed by atoms with Crippen LogP contribution in [0.15, 0.2) is 34.6 Å². The van der Waals surface area contributed by atoms with Crippen molar-refractivity contribution in [1.29, 1.82) is 0 Å². The molecule has 1 heterocycles. The highest BCUT2D eigenvalue weighted by atomic mass is 32.1. The molecule has 0 atom stereocenters. The SMILES string of the molecule is CC[NH+](CC)CCCNC(=O)c1ccc2c(=O)n(CCC3=CCCCC3)c(=S)[nH]c2c1. The molecule has 31 heavy (non-hydrogen) atoms. The van der Waals surface area contributed by atoms with E-state index in [1.165, 1.54) is 23.3 Å². The molecule has 3 N–H and O–H groups in total. The van der Waals surface area contributed by atoms with Gasteiger partial charge in [-0.2, -0.15) is 0 Å². The Morgan fingerprint density at radius 2 is 2.06 bits per heavy atom. The molecule has 0 unspecified atom stereocenters. The Kier molecular flexibility index (Phi) is 8.60. The predicted molar refractivity (Wildman–Crippen MR) is 128 cm³/mol. The number of quaternary nitrogens is 1. The number of hydrogen-bond acceptors (Lipinski definition) is 3. The molecule has 1 aromatic heterocycles. The molecule has 1 aromatic carbocycles. The summed E-state index contributed by atoms with van der Waals surface area (Å²) >= 11 is 5.46. The number of benzene rings is 1. The highest BCUT2D eigenvalue weighted by Crippen LogP contribution is 2.20. The Morgan fingerprint density at radius 3 is 2.77 bits per heavy atom. The van der Waals surface area contributed by atoms with Crippen molar-refractivity contribution in [1.82, 2.24) is 14.9 Å². The van der Waals surface area contributed by atoms with Crippen LogP contribution in [0.5, 0.6) is 0 Å². The average Bonchev–Trinajstić information content (AvgIpc) is 2.79. The van der Waals surface area contributed by atoms with Gasteiger partial charge in [-0.05, 0) is 76.4 Å². The Morgan fingerprint density at radius 1 is 1.26 bits per heavy atom. The zero-order chi connectivity index (χ0) is 22.2. The Hall–Kier alpha value is -2.25. The molecule has 0 aliphatic heterocycles. The highest BCUT2D eigenvalue weighted by Gasteiger charge is 2.12. The summed E-state index contributed by atoms with van der Waals surface area (Å²) in [7, 11) is 0. The van der Waals surface area contributed by atoms with Crippen molar-refractivity contribution in [2.24, 2.45) is 0 Å². The van der Waals surface area contributed by atoms with E-state index in [-0.39, 0.29) is 11.5 Å². The van der Waals surface area contributed by atoms with Crippen LogP contribution in [-0.2, 0) is 6.54 Å². The first-order valence-electron chi connectivity index (χ1n) is 11.6. The molecule has 1 aliphatic carbocycles. The van der Waals surface area contributed by atoms with Gasteiger partial charge in [0, 0.05) is 25.1 Å². The first-order valence-corrected chi connectivity index (χ1v) is 12.0. The first-order chi connectivity index (χ1) is 15.0. The number of fused-ring (bicyclic) bond motifs is 1. The molecule has 3 rings (SSSR count).